The molecule has 1 aromatic carbocycles. The number of nitrogens with one attached hydrogen (secondary N) is 3. The minimum absolute atomic E-state index is 0.0593. The first-order valence-corrected chi connectivity index (χ1v) is 12.5. The van der Waals surface area contributed by atoms with Crippen LogP contribution in [0.5, 0.6) is 0 Å². The van der Waals surface area contributed by atoms with Crippen LogP contribution in [0.4, 0.5) is 0 Å². The van der Waals surface area contributed by atoms with Crippen molar-refractivity contribution < 1.29 is 24.3 Å². The summed E-state index contributed by atoms with van der Waals surface area (Å²) >= 11 is 4.15. The van der Waals surface area contributed by atoms with Gasteiger partial charge in [0.15, 0.2) is 0 Å². The second-order valence-corrected chi connectivity index (χ2v) is 9.28. The molecule has 0 spiro atoms. The predicted octanol–water partition coefficient (Wildman–Crippen LogP) is 0.200. The van der Waals surface area contributed by atoms with Gasteiger partial charge in [0.05, 0.1) is 6.04 Å². The molecule has 0 aromatic heterocycles. The van der Waals surface area contributed by atoms with E-state index in [0.29, 0.717) is 25.8 Å². The summed E-state index contributed by atoms with van der Waals surface area (Å²) in [5.41, 5.74) is 12.2. The van der Waals surface area contributed by atoms with Crippen LogP contribution in [-0.4, -0.2) is 65.3 Å². The number of nitrogens with two attached hydrogens (primary N) is 2. The molecule has 0 radical (unpaired) electrons. The minimum atomic E-state index is -1.19. The number of rotatable bonds is 16. The molecule has 0 aliphatic carbocycles. The van der Waals surface area contributed by atoms with Crippen molar-refractivity contribution in [2.75, 3.05) is 12.3 Å². The van der Waals surface area contributed by atoms with E-state index in [2.05, 4.69) is 28.6 Å². The van der Waals surface area contributed by atoms with Crippen LogP contribution in [0.3, 0.4) is 0 Å². The van der Waals surface area contributed by atoms with E-state index >= 15 is 0 Å². The van der Waals surface area contributed by atoms with Gasteiger partial charge in [0, 0.05) is 12.2 Å². The number of amides is 3. The summed E-state index contributed by atoms with van der Waals surface area (Å²) in [5.74, 6) is -2.88. The summed E-state index contributed by atoms with van der Waals surface area (Å²) in [6, 6.07) is 4.94. The quantitative estimate of drug-likeness (QED) is 0.123. The SMILES string of the molecule is CC(C)CC(NC(=O)C(N)CCCCN)C(=O)NC(CS)C(=O)NC(Cc1ccccc1)C(=O)O. The second kappa shape index (κ2) is 16.1. The Kier molecular flexibility index (Phi) is 14.0. The fourth-order valence-corrected chi connectivity index (χ4v) is 3.67. The highest BCUT2D eigenvalue weighted by Crippen LogP contribution is 2.08. The Bertz CT molecular complexity index is 824. The highest BCUT2D eigenvalue weighted by molar-refractivity contribution is 7.80. The fraction of sp³-hybridized carbons (Fsp3) is 0.583. The molecule has 0 fully saturated rings. The van der Waals surface area contributed by atoms with E-state index in [1.165, 1.54) is 0 Å². The lowest BCUT2D eigenvalue weighted by molar-refractivity contribution is -0.142. The van der Waals surface area contributed by atoms with Crippen LogP contribution in [0.15, 0.2) is 30.3 Å². The van der Waals surface area contributed by atoms with E-state index < -0.39 is 47.9 Å². The van der Waals surface area contributed by atoms with Crippen molar-refractivity contribution in [1.29, 1.82) is 0 Å². The molecule has 3 amide bonds. The van der Waals surface area contributed by atoms with Crippen molar-refractivity contribution in [2.45, 2.75) is 70.1 Å². The van der Waals surface area contributed by atoms with Crippen LogP contribution < -0.4 is 27.4 Å². The van der Waals surface area contributed by atoms with Crippen LogP contribution in [0, 0.1) is 5.92 Å². The number of carbonyl (C=O) groups excluding carboxylic acids is 3. The molecule has 0 heterocycles. The van der Waals surface area contributed by atoms with Gasteiger partial charge >= 0.3 is 5.97 Å². The van der Waals surface area contributed by atoms with Crippen LogP contribution in [0.2, 0.25) is 0 Å². The average Bonchev–Trinajstić information content (AvgIpc) is 2.81. The maximum Gasteiger partial charge on any atom is 0.326 e. The molecule has 196 valence electrons. The molecule has 4 atom stereocenters. The molecular weight excluding hydrogens is 470 g/mol. The summed E-state index contributed by atoms with van der Waals surface area (Å²) in [4.78, 5) is 50.0. The molecule has 1 aromatic rings. The molecule has 0 bridgehead atoms. The molecule has 8 N–H and O–H groups in total. The van der Waals surface area contributed by atoms with Gasteiger partial charge < -0.3 is 32.5 Å². The first-order valence-electron chi connectivity index (χ1n) is 11.8. The number of carboxylic acids is 1. The number of benzene rings is 1. The molecular formula is C24H39N5O5S. The van der Waals surface area contributed by atoms with Gasteiger partial charge in [-0.15, -0.1) is 0 Å². The van der Waals surface area contributed by atoms with Gasteiger partial charge in [0.25, 0.3) is 0 Å². The maximum absolute atomic E-state index is 13.0. The summed E-state index contributed by atoms with van der Waals surface area (Å²) in [6.07, 6.45) is 2.31. The molecule has 4 unspecified atom stereocenters. The number of carbonyl (C=O) groups is 4. The van der Waals surface area contributed by atoms with E-state index in [9.17, 15) is 24.3 Å². The monoisotopic (exact) mass is 509 g/mol. The smallest absolute Gasteiger partial charge is 0.326 e. The average molecular weight is 510 g/mol. The van der Waals surface area contributed by atoms with Crippen molar-refractivity contribution in [3.8, 4) is 0 Å². The number of unbranched alkanes of at least 4 members (excludes halogenated alkanes) is 1. The van der Waals surface area contributed by atoms with Crippen LogP contribution >= 0.6 is 12.6 Å². The summed E-state index contributed by atoms with van der Waals surface area (Å²) in [6.45, 7) is 4.31. The first kappa shape index (κ1) is 30.4. The molecule has 1 rings (SSSR count). The van der Waals surface area contributed by atoms with Gasteiger partial charge in [-0.1, -0.05) is 50.6 Å². The third kappa shape index (κ3) is 11.6. The largest absolute Gasteiger partial charge is 0.480 e. The van der Waals surface area contributed by atoms with Crippen molar-refractivity contribution in [3.63, 3.8) is 0 Å². The van der Waals surface area contributed by atoms with Crippen molar-refractivity contribution in [3.05, 3.63) is 35.9 Å². The normalized spacial score (nSPS) is 14.5. The van der Waals surface area contributed by atoms with Gasteiger partial charge in [-0.3, -0.25) is 14.4 Å². The highest BCUT2D eigenvalue weighted by Gasteiger charge is 2.30. The molecule has 0 aliphatic rings. The number of hydrogen-bond donors (Lipinski definition) is 7. The number of aliphatic carboxylic acids is 1. The van der Waals surface area contributed by atoms with Crippen molar-refractivity contribution in [2.24, 2.45) is 17.4 Å². The molecule has 10 nitrogen and oxygen atoms in total. The standard InChI is InChI=1S/C24H39N5O5S/c1-15(2)12-18(27-21(30)17(26)10-6-7-11-25)22(31)29-20(14-35)23(32)28-19(24(33)34)13-16-8-4-3-5-9-16/h3-5,8-9,15,17-20,35H,6-7,10-14,25-26H2,1-2H3,(H,27,30)(H,28,32)(H,29,31)(H,33,34). The molecule has 0 aliphatic heterocycles. The topological polar surface area (TPSA) is 177 Å². The third-order valence-corrected chi connectivity index (χ3v) is 5.72. The molecule has 11 heteroatoms. The third-order valence-electron chi connectivity index (χ3n) is 5.36. The van der Waals surface area contributed by atoms with Gasteiger partial charge in [-0.05, 0) is 37.3 Å². The number of hydrogen-bond acceptors (Lipinski definition) is 7. The minimum Gasteiger partial charge on any atom is -0.480 e. The van der Waals surface area contributed by atoms with E-state index in [4.69, 9.17) is 11.5 Å². The van der Waals surface area contributed by atoms with Gasteiger partial charge in [-0.25, -0.2) is 4.79 Å². The maximum atomic E-state index is 13.0. The molecule has 0 saturated heterocycles. The van der Waals surface area contributed by atoms with Crippen LogP contribution in [0.25, 0.3) is 0 Å². The van der Waals surface area contributed by atoms with Crippen LogP contribution in [0.1, 0.15) is 45.1 Å². The van der Waals surface area contributed by atoms with Gasteiger partial charge in [-0.2, -0.15) is 12.6 Å². The predicted molar refractivity (Wildman–Crippen MR) is 138 cm³/mol. The lowest BCUT2D eigenvalue weighted by Gasteiger charge is -2.25. The van der Waals surface area contributed by atoms with Crippen molar-refractivity contribution in [1.82, 2.24) is 16.0 Å². The Morgan fingerprint density at radius 3 is 2.03 bits per heavy atom. The van der Waals surface area contributed by atoms with E-state index in [1.807, 2.05) is 19.9 Å². The Labute approximate surface area is 212 Å². The van der Waals surface area contributed by atoms with Gasteiger partial charge in [0.1, 0.15) is 18.1 Å². The zero-order chi connectivity index (χ0) is 26.4. The summed E-state index contributed by atoms with van der Waals surface area (Å²) < 4.78 is 0. The molecule has 35 heavy (non-hydrogen) atoms. The Hall–Kier alpha value is -2.63. The first-order chi connectivity index (χ1) is 16.6. The molecule has 0 saturated carbocycles. The summed E-state index contributed by atoms with van der Waals surface area (Å²) in [7, 11) is 0. The zero-order valence-corrected chi connectivity index (χ0v) is 21.3. The number of carboxylic acid groups (broad SMARTS) is 1. The Morgan fingerprint density at radius 1 is 0.914 bits per heavy atom. The summed E-state index contributed by atoms with van der Waals surface area (Å²) in [5, 5.41) is 17.3. The second-order valence-electron chi connectivity index (χ2n) is 8.91. The Morgan fingerprint density at radius 2 is 1.49 bits per heavy atom. The van der Waals surface area contributed by atoms with E-state index in [0.717, 1.165) is 12.0 Å². The van der Waals surface area contributed by atoms with Crippen molar-refractivity contribution >= 4 is 36.3 Å². The lowest BCUT2D eigenvalue weighted by atomic mass is 10.0. The lowest BCUT2D eigenvalue weighted by Crippen LogP contribution is -2.58. The Balaban J connectivity index is 2.82. The van der Waals surface area contributed by atoms with E-state index in [1.54, 1.807) is 24.3 Å². The fourth-order valence-electron chi connectivity index (χ4n) is 3.41. The van der Waals surface area contributed by atoms with Gasteiger partial charge in [0.2, 0.25) is 17.7 Å². The van der Waals surface area contributed by atoms with E-state index in [-0.39, 0.29) is 18.1 Å². The highest BCUT2D eigenvalue weighted by atomic mass is 32.1. The number of thiol groups is 1. The zero-order valence-electron chi connectivity index (χ0n) is 20.4. The van der Waals surface area contributed by atoms with Crippen LogP contribution in [-0.2, 0) is 25.6 Å².